The fourth-order valence-corrected chi connectivity index (χ4v) is 2.06. The number of hydrogen-bond donors (Lipinski definition) is 2. The zero-order valence-electron chi connectivity index (χ0n) is 11.0. The highest BCUT2D eigenvalue weighted by molar-refractivity contribution is 5.73. The van der Waals surface area contributed by atoms with E-state index in [-0.39, 0.29) is 12.0 Å². The van der Waals surface area contributed by atoms with E-state index in [0.717, 1.165) is 26.2 Å². The second-order valence-electron chi connectivity index (χ2n) is 4.85. The van der Waals surface area contributed by atoms with E-state index in [1.165, 1.54) is 0 Å². The lowest BCUT2D eigenvalue weighted by Crippen LogP contribution is -2.50. The van der Waals surface area contributed by atoms with Gasteiger partial charge in [-0.15, -0.1) is 0 Å². The predicted octanol–water partition coefficient (Wildman–Crippen LogP) is 0.406. The van der Waals surface area contributed by atoms with Gasteiger partial charge in [0.1, 0.15) is 6.04 Å². The monoisotopic (exact) mass is 244 g/mol. The highest BCUT2D eigenvalue weighted by Gasteiger charge is 2.24. The molecule has 1 aliphatic heterocycles. The van der Waals surface area contributed by atoms with Crippen molar-refractivity contribution in [3.63, 3.8) is 0 Å². The number of ether oxygens (including phenoxy) is 1. The van der Waals surface area contributed by atoms with Crippen molar-refractivity contribution < 1.29 is 14.6 Å². The molecule has 0 bridgehead atoms. The molecule has 0 spiro atoms. The number of aliphatic carboxylic acids is 1. The largest absolute Gasteiger partial charge is 0.480 e. The Labute approximate surface area is 103 Å². The summed E-state index contributed by atoms with van der Waals surface area (Å²) < 4.78 is 5.62. The van der Waals surface area contributed by atoms with Crippen LogP contribution in [0.1, 0.15) is 20.8 Å². The van der Waals surface area contributed by atoms with Gasteiger partial charge in [-0.05, 0) is 12.5 Å². The van der Waals surface area contributed by atoms with E-state index in [0.29, 0.717) is 6.54 Å². The van der Waals surface area contributed by atoms with Gasteiger partial charge in [0.2, 0.25) is 0 Å². The van der Waals surface area contributed by atoms with Crippen LogP contribution in [-0.4, -0.2) is 60.9 Å². The quantitative estimate of drug-likeness (QED) is 0.708. The third-order valence-electron chi connectivity index (χ3n) is 3.17. The lowest BCUT2D eigenvalue weighted by Gasteiger charge is -2.33. The molecule has 1 heterocycles. The van der Waals surface area contributed by atoms with E-state index in [4.69, 9.17) is 9.84 Å². The molecule has 17 heavy (non-hydrogen) atoms. The minimum Gasteiger partial charge on any atom is -0.480 e. The molecule has 0 aromatic carbocycles. The van der Waals surface area contributed by atoms with E-state index in [9.17, 15) is 4.79 Å². The summed E-state index contributed by atoms with van der Waals surface area (Å²) in [7, 11) is 0. The van der Waals surface area contributed by atoms with Crippen LogP contribution in [0.15, 0.2) is 0 Å². The fourth-order valence-electron chi connectivity index (χ4n) is 2.06. The van der Waals surface area contributed by atoms with Crippen molar-refractivity contribution in [2.24, 2.45) is 5.92 Å². The van der Waals surface area contributed by atoms with Crippen molar-refractivity contribution in [1.82, 2.24) is 10.2 Å². The van der Waals surface area contributed by atoms with Gasteiger partial charge < -0.3 is 15.2 Å². The zero-order valence-corrected chi connectivity index (χ0v) is 11.0. The Morgan fingerprint density at radius 3 is 2.82 bits per heavy atom. The summed E-state index contributed by atoms with van der Waals surface area (Å²) in [5.74, 6) is -0.707. The number of carboxylic acids is 1. The second-order valence-corrected chi connectivity index (χ2v) is 4.85. The average Bonchev–Trinajstić information content (AvgIpc) is 2.28. The van der Waals surface area contributed by atoms with Crippen molar-refractivity contribution in [3.8, 4) is 0 Å². The topological polar surface area (TPSA) is 61.8 Å². The fraction of sp³-hybridized carbons (Fsp3) is 0.917. The molecule has 100 valence electrons. The Hall–Kier alpha value is -0.650. The second kappa shape index (κ2) is 6.93. The summed E-state index contributed by atoms with van der Waals surface area (Å²) in [5, 5.41) is 12.1. The van der Waals surface area contributed by atoms with E-state index in [2.05, 4.69) is 17.1 Å². The molecule has 2 N–H and O–H groups in total. The van der Waals surface area contributed by atoms with Gasteiger partial charge in [0.15, 0.2) is 0 Å². The van der Waals surface area contributed by atoms with Crippen molar-refractivity contribution >= 4 is 5.97 Å². The van der Waals surface area contributed by atoms with Gasteiger partial charge in [0.05, 0.1) is 12.7 Å². The number of carboxylic acid groups (broad SMARTS) is 1. The summed E-state index contributed by atoms with van der Waals surface area (Å²) in [6.07, 6.45) is 0.101. The van der Waals surface area contributed by atoms with E-state index in [1.54, 1.807) is 0 Å². The highest BCUT2D eigenvalue weighted by atomic mass is 16.5. The Morgan fingerprint density at radius 2 is 2.29 bits per heavy atom. The summed E-state index contributed by atoms with van der Waals surface area (Å²) in [5.41, 5.74) is 0. The Balaban J connectivity index is 2.35. The standard InChI is InChI=1S/C12H24N2O3/c1-4-14-5-6-17-10(8-14)7-13-11(9(2)3)12(15)16/h9-11,13H,4-8H2,1-3H3,(H,15,16). The maximum Gasteiger partial charge on any atom is 0.320 e. The third kappa shape index (κ3) is 4.61. The molecule has 0 saturated carbocycles. The number of morpholine rings is 1. The summed E-state index contributed by atoms with van der Waals surface area (Å²) in [6.45, 7) is 10.2. The molecule has 2 atom stereocenters. The summed E-state index contributed by atoms with van der Waals surface area (Å²) >= 11 is 0. The first-order valence-electron chi connectivity index (χ1n) is 6.34. The van der Waals surface area contributed by atoms with Gasteiger partial charge in [0, 0.05) is 19.6 Å². The number of hydrogen-bond acceptors (Lipinski definition) is 4. The van der Waals surface area contributed by atoms with Gasteiger partial charge in [0.25, 0.3) is 0 Å². The van der Waals surface area contributed by atoms with Crippen LogP contribution in [-0.2, 0) is 9.53 Å². The molecule has 0 amide bonds. The summed E-state index contributed by atoms with van der Waals surface area (Å²) in [6, 6.07) is -0.490. The molecule has 0 aromatic rings. The molecule has 1 saturated heterocycles. The predicted molar refractivity (Wildman–Crippen MR) is 66.1 cm³/mol. The van der Waals surface area contributed by atoms with Crippen LogP contribution >= 0.6 is 0 Å². The number of carbonyl (C=O) groups is 1. The lowest BCUT2D eigenvalue weighted by atomic mass is 10.0. The van der Waals surface area contributed by atoms with Crippen LogP contribution in [0.5, 0.6) is 0 Å². The molecule has 1 aliphatic rings. The Morgan fingerprint density at radius 1 is 1.59 bits per heavy atom. The van der Waals surface area contributed by atoms with Crippen LogP contribution in [0, 0.1) is 5.92 Å². The van der Waals surface area contributed by atoms with E-state index >= 15 is 0 Å². The van der Waals surface area contributed by atoms with Crippen LogP contribution in [0.2, 0.25) is 0 Å². The maximum atomic E-state index is 11.0. The van der Waals surface area contributed by atoms with Gasteiger partial charge >= 0.3 is 5.97 Å². The third-order valence-corrected chi connectivity index (χ3v) is 3.17. The molecule has 0 aliphatic carbocycles. The molecular formula is C12H24N2O3. The minimum atomic E-state index is -0.789. The Bertz CT molecular complexity index is 246. The van der Waals surface area contributed by atoms with Crippen LogP contribution in [0.3, 0.4) is 0 Å². The smallest absolute Gasteiger partial charge is 0.320 e. The average molecular weight is 244 g/mol. The SMILES string of the molecule is CCN1CCOC(CNC(C(=O)O)C(C)C)C1. The summed E-state index contributed by atoms with van der Waals surface area (Å²) in [4.78, 5) is 13.3. The highest BCUT2D eigenvalue weighted by Crippen LogP contribution is 2.06. The van der Waals surface area contributed by atoms with Gasteiger partial charge in [-0.3, -0.25) is 9.69 Å². The van der Waals surface area contributed by atoms with Crippen molar-refractivity contribution in [1.29, 1.82) is 0 Å². The number of likely N-dealkylation sites (N-methyl/N-ethyl adjacent to an activating group) is 1. The van der Waals surface area contributed by atoms with Crippen LogP contribution in [0.4, 0.5) is 0 Å². The first-order chi connectivity index (χ1) is 8.04. The van der Waals surface area contributed by atoms with Gasteiger partial charge in [-0.2, -0.15) is 0 Å². The number of nitrogens with zero attached hydrogens (tertiary/aromatic N) is 1. The van der Waals surface area contributed by atoms with Crippen molar-refractivity contribution in [2.75, 3.05) is 32.8 Å². The molecule has 2 unspecified atom stereocenters. The van der Waals surface area contributed by atoms with Crippen LogP contribution < -0.4 is 5.32 Å². The number of rotatable bonds is 6. The molecule has 1 rings (SSSR count). The Kier molecular flexibility index (Phi) is 5.88. The first-order valence-corrected chi connectivity index (χ1v) is 6.34. The van der Waals surface area contributed by atoms with E-state index in [1.807, 2.05) is 13.8 Å². The van der Waals surface area contributed by atoms with Crippen molar-refractivity contribution in [3.05, 3.63) is 0 Å². The number of nitrogens with one attached hydrogen (secondary N) is 1. The van der Waals surface area contributed by atoms with Crippen molar-refractivity contribution in [2.45, 2.75) is 32.9 Å². The molecule has 5 heteroatoms. The van der Waals surface area contributed by atoms with E-state index < -0.39 is 12.0 Å². The molecule has 0 radical (unpaired) electrons. The normalized spacial score (nSPS) is 23.9. The maximum absolute atomic E-state index is 11.0. The van der Waals surface area contributed by atoms with Gasteiger partial charge in [-0.25, -0.2) is 0 Å². The van der Waals surface area contributed by atoms with Gasteiger partial charge in [-0.1, -0.05) is 20.8 Å². The lowest BCUT2D eigenvalue weighted by molar-refractivity contribution is -0.140. The minimum absolute atomic E-state index is 0.0818. The van der Waals surface area contributed by atoms with Crippen LogP contribution in [0.25, 0.3) is 0 Å². The zero-order chi connectivity index (χ0) is 12.8. The molecule has 0 aromatic heterocycles. The molecular weight excluding hydrogens is 220 g/mol. The first kappa shape index (κ1) is 14.4. The molecule has 5 nitrogen and oxygen atoms in total. The molecule has 1 fully saturated rings.